The zero-order chi connectivity index (χ0) is 36.8. The third-order valence-electron chi connectivity index (χ3n) is 9.99. The number of benzene rings is 2. The van der Waals surface area contributed by atoms with Crippen molar-refractivity contribution in [2.45, 2.75) is 25.7 Å². The smallest absolute Gasteiger partial charge is 0.270 e. The monoisotopic (exact) mass is 705 g/mol. The Morgan fingerprint density at radius 1 is 0.943 bits per heavy atom. The number of nitrogens with one attached hydrogen (secondary N) is 2. The Hall–Kier alpha value is -6.74. The largest absolute Gasteiger partial charge is 0.448 e. The second-order valence-corrected chi connectivity index (χ2v) is 13.3. The van der Waals surface area contributed by atoms with Crippen LogP contribution in [0.15, 0.2) is 88.3 Å². The fraction of sp³-hybridized carbons (Fsp3) is 0.220. The highest BCUT2D eigenvalue weighted by molar-refractivity contribution is 6.03. The summed E-state index contributed by atoms with van der Waals surface area (Å²) < 4.78 is 7.58. The van der Waals surface area contributed by atoms with Crippen molar-refractivity contribution in [3.63, 3.8) is 0 Å². The van der Waals surface area contributed by atoms with Crippen LogP contribution >= 0.6 is 0 Å². The van der Waals surface area contributed by atoms with E-state index in [2.05, 4.69) is 50.4 Å². The van der Waals surface area contributed by atoms with Gasteiger partial charge in [0, 0.05) is 67.8 Å². The van der Waals surface area contributed by atoms with Gasteiger partial charge in [-0.2, -0.15) is 0 Å². The molecule has 0 spiro atoms. The molecule has 0 aliphatic carbocycles. The van der Waals surface area contributed by atoms with Crippen LogP contribution in [0.25, 0.3) is 33.1 Å². The number of piperidine rings is 1. The summed E-state index contributed by atoms with van der Waals surface area (Å²) in [5, 5.41) is 6.96. The zero-order valence-electron chi connectivity index (χ0n) is 29.4. The lowest BCUT2D eigenvalue weighted by molar-refractivity contribution is -0.134. The fourth-order valence-corrected chi connectivity index (χ4v) is 7.18. The van der Waals surface area contributed by atoms with E-state index in [1.165, 1.54) is 0 Å². The minimum atomic E-state index is -0.438. The lowest BCUT2D eigenvalue weighted by Crippen LogP contribution is -2.39. The van der Waals surface area contributed by atoms with Crippen molar-refractivity contribution in [3.8, 4) is 23.1 Å². The van der Waals surface area contributed by atoms with Gasteiger partial charge in [0.05, 0.1) is 46.9 Å². The summed E-state index contributed by atoms with van der Waals surface area (Å²) in [7, 11) is 3.86. The van der Waals surface area contributed by atoms with Gasteiger partial charge < -0.3 is 24.1 Å². The molecule has 2 aliphatic heterocycles. The highest BCUT2D eigenvalue weighted by atomic mass is 16.3. The summed E-state index contributed by atoms with van der Waals surface area (Å²) in [6.07, 6.45) is 4.23. The van der Waals surface area contributed by atoms with Gasteiger partial charge in [-0.15, -0.1) is 0 Å². The number of amides is 3. The van der Waals surface area contributed by atoms with E-state index >= 15 is 0 Å². The van der Waals surface area contributed by atoms with Gasteiger partial charge in [-0.3, -0.25) is 34.5 Å². The summed E-state index contributed by atoms with van der Waals surface area (Å²) in [5.74, 6) is 4.89. The molecule has 0 bridgehead atoms. The minimum Gasteiger partial charge on any atom is -0.448 e. The van der Waals surface area contributed by atoms with Crippen molar-refractivity contribution in [3.05, 3.63) is 112 Å². The number of imide groups is 1. The van der Waals surface area contributed by atoms with Crippen molar-refractivity contribution in [1.82, 2.24) is 25.2 Å². The number of furan rings is 1. The van der Waals surface area contributed by atoms with Gasteiger partial charge in [0.1, 0.15) is 11.3 Å². The molecule has 8 rings (SSSR count). The van der Waals surface area contributed by atoms with Crippen LogP contribution in [0.4, 0.5) is 17.1 Å². The number of rotatable bonds is 5. The SMILES string of the molecule is Cc1cc2c(N3CCN(C)c4cc(-c5ccc(C(=O)NCC#Cc6cc7c(C8CCC(=O)NC8=O)cccc7o6)nc5)ncc43)cccc2n(C)c1=O. The van der Waals surface area contributed by atoms with Crippen LogP contribution in [0.3, 0.4) is 0 Å². The molecule has 3 amide bonds. The van der Waals surface area contributed by atoms with Gasteiger partial charge in [-0.25, -0.2) is 0 Å². The first-order valence-electron chi connectivity index (χ1n) is 17.3. The van der Waals surface area contributed by atoms with Crippen LogP contribution in [0.5, 0.6) is 0 Å². The molecule has 1 fully saturated rings. The molecule has 53 heavy (non-hydrogen) atoms. The van der Waals surface area contributed by atoms with E-state index < -0.39 is 5.92 Å². The quantitative estimate of drug-likeness (QED) is 0.188. The second kappa shape index (κ2) is 13.4. The standard InChI is InChI=1S/C41H35N7O5/c1-24-19-30-33(47(3)41(24)52)9-5-10-34(30)48-18-17-46(2)35-21-32(44-23-36(35)48)25-12-14-31(43-22-25)40(51)42-16-6-7-26-20-29-27(8-4-11-37(29)53-26)28-13-15-38(49)45-39(28)50/h4-5,8-12,14,19-23,28H,13,15-18H2,1-3H3,(H,42,51)(H,45,49,50). The summed E-state index contributed by atoms with van der Waals surface area (Å²) in [6, 6.07) is 20.8. The fourth-order valence-electron chi connectivity index (χ4n) is 7.18. The number of carbonyl (C=O) groups excluding carboxylic acids is 3. The number of anilines is 3. The average Bonchev–Trinajstić information content (AvgIpc) is 3.59. The first-order chi connectivity index (χ1) is 25.7. The summed E-state index contributed by atoms with van der Waals surface area (Å²) in [4.78, 5) is 63.3. The third-order valence-corrected chi connectivity index (χ3v) is 9.99. The van der Waals surface area contributed by atoms with E-state index in [9.17, 15) is 19.2 Å². The number of aryl methyl sites for hydroxylation is 2. The Balaban J connectivity index is 0.956. The lowest BCUT2D eigenvalue weighted by Gasteiger charge is -2.37. The highest BCUT2D eigenvalue weighted by Crippen LogP contribution is 2.41. The molecule has 2 aromatic carbocycles. The molecule has 6 heterocycles. The molecule has 1 saturated heterocycles. The number of hydrogen-bond acceptors (Lipinski definition) is 9. The van der Waals surface area contributed by atoms with Gasteiger partial charge in [0.2, 0.25) is 11.8 Å². The molecule has 4 aromatic heterocycles. The number of likely N-dealkylation sites (N-methyl/N-ethyl adjacent to an activating group) is 1. The summed E-state index contributed by atoms with van der Waals surface area (Å²) >= 11 is 0. The van der Waals surface area contributed by atoms with Crippen LogP contribution in [-0.2, 0) is 16.6 Å². The molecule has 12 nitrogen and oxygen atoms in total. The minimum absolute atomic E-state index is 0.00544. The molecule has 264 valence electrons. The van der Waals surface area contributed by atoms with Gasteiger partial charge in [-0.1, -0.05) is 24.1 Å². The number of pyridine rings is 3. The number of nitrogens with zero attached hydrogens (tertiary/aromatic N) is 5. The van der Waals surface area contributed by atoms with E-state index in [0.29, 0.717) is 23.3 Å². The predicted octanol–water partition coefficient (Wildman–Crippen LogP) is 4.94. The van der Waals surface area contributed by atoms with Crippen molar-refractivity contribution >= 4 is 56.7 Å². The molecule has 2 aliphatic rings. The van der Waals surface area contributed by atoms with Crippen LogP contribution in [-0.4, -0.2) is 58.9 Å². The number of fused-ring (bicyclic) bond motifs is 3. The van der Waals surface area contributed by atoms with Crippen molar-refractivity contribution < 1.29 is 18.8 Å². The molecule has 0 radical (unpaired) electrons. The number of carbonyl (C=O) groups is 3. The van der Waals surface area contributed by atoms with Crippen LogP contribution in [0.2, 0.25) is 0 Å². The van der Waals surface area contributed by atoms with E-state index in [1.807, 2.05) is 55.6 Å². The Bertz CT molecular complexity index is 2600. The number of aromatic nitrogens is 3. The van der Waals surface area contributed by atoms with Crippen molar-refractivity contribution in [2.75, 3.05) is 36.5 Å². The maximum absolute atomic E-state index is 12.9. The Labute approximate surface area is 304 Å². The van der Waals surface area contributed by atoms with Crippen molar-refractivity contribution in [2.24, 2.45) is 7.05 Å². The topological polar surface area (TPSA) is 143 Å². The van der Waals surface area contributed by atoms with Crippen LogP contribution < -0.4 is 26.0 Å². The van der Waals surface area contributed by atoms with E-state index in [0.717, 1.165) is 63.3 Å². The summed E-state index contributed by atoms with van der Waals surface area (Å²) in [5.41, 5.74) is 7.68. The van der Waals surface area contributed by atoms with E-state index in [-0.39, 0.29) is 41.9 Å². The predicted molar refractivity (Wildman–Crippen MR) is 202 cm³/mol. The Morgan fingerprint density at radius 2 is 1.79 bits per heavy atom. The van der Waals surface area contributed by atoms with Gasteiger partial charge in [0.25, 0.3) is 11.5 Å². The summed E-state index contributed by atoms with van der Waals surface area (Å²) in [6.45, 7) is 3.46. The molecule has 6 aromatic rings. The Morgan fingerprint density at radius 3 is 2.60 bits per heavy atom. The highest BCUT2D eigenvalue weighted by Gasteiger charge is 2.30. The molecule has 0 saturated carbocycles. The maximum atomic E-state index is 12.9. The molecule has 12 heteroatoms. The van der Waals surface area contributed by atoms with Crippen molar-refractivity contribution in [1.29, 1.82) is 0 Å². The zero-order valence-corrected chi connectivity index (χ0v) is 29.4. The second-order valence-electron chi connectivity index (χ2n) is 13.3. The molecular weight excluding hydrogens is 670 g/mol. The first kappa shape index (κ1) is 33.4. The molecule has 1 unspecified atom stereocenters. The van der Waals surface area contributed by atoms with Gasteiger partial charge in [-0.05, 0) is 67.3 Å². The van der Waals surface area contributed by atoms with Crippen LogP contribution in [0, 0.1) is 18.8 Å². The normalized spacial score (nSPS) is 15.6. The average molecular weight is 706 g/mol. The van der Waals surface area contributed by atoms with E-state index in [1.54, 1.807) is 36.0 Å². The Kier molecular flexibility index (Phi) is 8.46. The lowest BCUT2D eigenvalue weighted by atomic mass is 9.88. The molecule has 2 N–H and O–H groups in total. The molecule has 1 atom stereocenters. The van der Waals surface area contributed by atoms with Crippen LogP contribution in [0.1, 0.15) is 46.1 Å². The van der Waals surface area contributed by atoms with Gasteiger partial charge >= 0.3 is 0 Å². The number of hydrogen-bond donors (Lipinski definition) is 2. The first-order valence-corrected chi connectivity index (χ1v) is 17.3. The third kappa shape index (κ3) is 6.16. The van der Waals surface area contributed by atoms with E-state index in [4.69, 9.17) is 9.40 Å². The van der Waals surface area contributed by atoms with Gasteiger partial charge in [0.15, 0.2) is 5.76 Å². The molecular formula is C41H35N7O5. The maximum Gasteiger partial charge on any atom is 0.270 e.